The second kappa shape index (κ2) is 4.61. The summed E-state index contributed by atoms with van der Waals surface area (Å²) in [4.78, 5) is 29.0. The van der Waals surface area contributed by atoms with Crippen molar-refractivity contribution in [2.24, 2.45) is 0 Å². The lowest BCUT2D eigenvalue weighted by molar-refractivity contribution is -0.120. The number of hydrogen-bond acceptors (Lipinski definition) is 4. The number of carbonyl (C=O) groups excluding carboxylic acids is 1. The molecule has 2 rings (SSSR count). The molecule has 1 heterocycles. The molecule has 1 fully saturated rings. The van der Waals surface area contributed by atoms with Crippen LogP contribution in [0.2, 0.25) is 0 Å². The first-order chi connectivity index (χ1) is 7.24. The van der Waals surface area contributed by atoms with E-state index < -0.39 is 0 Å². The normalized spacial score (nSPS) is 21.6. The Balaban J connectivity index is 2.02. The van der Waals surface area contributed by atoms with E-state index in [1.807, 2.05) is 0 Å². The van der Waals surface area contributed by atoms with Gasteiger partial charge in [-0.05, 0) is 12.8 Å². The SMILES string of the molecule is O=C1CCCC(Sc2nccc(=O)[nH]2)C1. The third kappa shape index (κ3) is 2.92. The Labute approximate surface area is 91.5 Å². The first-order valence-corrected chi connectivity index (χ1v) is 5.86. The highest BCUT2D eigenvalue weighted by Crippen LogP contribution is 2.29. The van der Waals surface area contributed by atoms with E-state index in [1.54, 1.807) is 0 Å². The van der Waals surface area contributed by atoms with Gasteiger partial charge >= 0.3 is 0 Å². The third-order valence-corrected chi connectivity index (χ3v) is 3.53. The van der Waals surface area contributed by atoms with Crippen LogP contribution in [-0.2, 0) is 4.79 Å². The van der Waals surface area contributed by atoms with Crippen molar-refractivity contribution in [2.75, 3.05) is 0 Å². The number of hydrogen-bond donors (Lipinski definition) is 1. The van der Waals surface area contributed by atoms with Crippen LogP contribution in [0.25, 0.3) is 0 Å². The molecule has 1 aromatic rings. The van der Waals surface area contributed by atoms with Crippen LogP contribution < -0.4 is 5.56 Å². The van der Waals surface area contributed by atoms with Crippen LogP contribution in [0, 0.1) is 0 Å². The molecule has 1 aliphatic carbocycles. The van der Waals surface area contributed by atoms with E-state index in [0.717, 1.165) is 12.8 Å². The maximum absolute atomic E-state index is 11.2. The molecule has 4 nitrogen and oxygen atoms in total. The van der Waals surface area contributed by atoms with Crippen molar-refractivity contribution >= 4 is 17.5 Å². The molecule has 0 saturated heterocycles. The zero-order chi connectivity index (χ0) is 10.7. The second-order valence-electron chi connectivity index (χ2n) is 3.61. The average molecular weight is 224 g/mol. The molecule has 1 aliphatic rings. The smallest absolute Gasteiger partial charge is 0.251 e. The Morgan fingerprint density at radius 1 is 1.47 bits per heavy atom. The number of rotatable bonds is 2. The van der Waals surface area contributed by atoms with Gasteiger partial charge in [-0.25, -0.2) is 4.98 Å². The molecule has 80 valence electrons. The van der Waals surface area contributed by atoms with E-state index in [0.29, 0.717) is 23.8 Å². The average Bonchev–Trinajstić information content (AvgIpc) is 2.17. The molecule has 1 aromatic heterocycles. The molecule has 0 radical (unpaired) electrons. The summed E-state index contributed by atoms with van der Waals surface area (Å²) >= 11 is 1.49. The quantitative estimate of drug-likeness (QED) is 0.771. The highest BCUT2D eigenvalue weighted by molar-refractivity contribution is 7.99. The van der Waals surface area contributed by atoms with Gasteiger partial charge in [-0.1, -0.05) is 11.8 Å². The lowest BCUT2D eigenvalue weighted by Gasteiger charge is -2.19. The van der Waals surface area contributed by atoms with Gasteiger partial charge in [-0.15, -0.1) is 0 Å². The van der Waals surface area contributed by atoms with E-state index in [1.165, 1.54) is 24.0 Å². The maximum atomic E-state index is 11.2. The molecule has 1 atom stereocenters. The summed E-state index contributed by atoms with van der Waals surface area (Å²) in [7, 11) is 0. The molecule has 0 aromatic carbocycles. The van der Waals surface area contributed by atoms with E-state index in [-0.39, 0.29) is 10.8 Å². The lowest BCUT2D eigenvalue weighted by Crippen LogP contribution is -2.17. The van der Waals surface area contributed by atoms with Gasteiger partial charge in [0, 0.05) is 30.4 Å². The van der Waals surface area contributed by atoms with Crippen LogP contribution in [0.3, 0.4) is 0 Å². The van der Waals surface area contributed by atoms with Gasteiger partial charge in [0.1, 0.15) is 5.78 Å². The van der Waals surface area contributed by atoms with Gasteiger partial charge in [0.25, 0.3) is 5.56 Å². The molecular weight excluding hydrogens is 212 g/mol. The molecule has 0 bridgehead atoms. The van der Waals surface area contributed by atoms with Crippen molar-refractivity contribution in [2.45, 2.75) is 36.1 Å². The van der Waals surface area contributed by atoms with Gasteiger partial charge < -0.3 is 4.98 Å². The highest BCUT2D eigenvalue weighted by atomic mass is 32.2. The van der Waals surface area contributed by atoms with E-state index >= 15 is 0 Å². The number of thioether (sulfide) groups is 1. The summed E-state index contributed by atoms with van der Waals surface area (Å²) in [5, 5.41) is 0.888. The topological polar surface area (TPSA) is 62.8 Å². The summed E-state index contributed by atoms with van der Waals surface area (Å²) in [6, 6.07) is 1.39. The van der Waals surface area contributed by atoms with E-state index in [4.69, 9.17) is 0 Å². The fraction of sp³-hybridized carbons (Fsp3) is 0.500. The predicted molar refractivity (Wildman–Crippen MR) is 58.0 cm³/mol. The fourth-order valence-electron chi connectivity index (χ4n) is 1.66. The highest BCUT2D eigenvalue weighted by Gasteiger charge is 2.20. The standard InChI is InChI=1S/C10H12N2O2S/c13-7-2-1-3-8(6-7)15-10-11-5-4-9(14)12-10/h4-5,8H,1-3,6H2,(H,11,12,14). The maximum Gasteiger partial charge on any atom is 0.251 e. The van der Waals surface area contributed by atoms with Crippen molar-refractivity contribution in [3.8, 4) is 0 Å². The molecule has 1 saturated carbocycles. The number of Topliss-reactive ketones (excluding diaryl/α,β-unsaturated/α-hetero) is 1. The minimum atomic E-state index is -0.144. The van der Waals surface area contributed by atoms with Crippen LogP contribution in [-0.4, -0.2) is 21.0 Å². The first kappa shape index (κ1) is 10.4. The van der Waals surface area contributed by atoms with Crippen molar-refractivity contribution in [1.29, 1.82) is 0 Å². The summed E-state index contributed by atoms with van der Waals surface area (Å²) in [5.41, 5.74) is -0.144. The summed E-state index contributed by atoms with van der Waals surface area (Å²) in [5.74, 6) is 0.317. The van der Waals surface area contributed by atoms with Crippen LogP contribution in [0.1, 0.15) is 25.7 Å². The third-order valence-electron chi connectivity index (χ3n) is 2.36. The van der Waals surface area contributed by atoms with Gasteiger partial charge in [0.2, 0.25) is 0 Å². The van der Waals surface area contributed by atoms with Gasteiger partial charge in [-0.2, -0.15) is 0 Å². The van der Waals surface area contributed by atoms with E-state index in [2.05, 4.69) is 9.97 Å². The zero-order valence-electron chi connectivity index (χ0n) is 8.23. The number of aromatic amines is 1. The van der Waals surface area contributed by atoms with Crippen molar-refractivity contribution in [3.63, 3.8) is 0 Å². The Kier molecular flexibility index (Phi) is 3.20. The van der Waals surface area contributed by atoms with Crippen LogP contribution in [0.5, 0.6) is 0 Å². The van der Waals surface area contributed by atoms with Crippen molar-refractivity contribution < 1.29 is 4.79 Å². The summed E-state index contributed by atoms with van der Waals surface area (Å²) < 4.78 is 0. The molecule has 1 N–H and O–H groups in total. The number of H-pyrrole nitrogens is 1. The lowest BCUT2D eigenvalue weighted by atomic mass is 9.99. The van der Waals surface area contributed by atoms with Gasteiger partial charge in [-0.3, -0.25) is 9.59 Å². The molecule has 5 heteroatoms. The predicted octanol–water partition coefficient (Wildman–Crippen LogP) is 1.37. The number of carbonyl (C=O) groups is 1. The first-order valence-electron chi connectivity index (χ1n) is 4.98. The fourth-order valence-corrected chi connectivity index (χ4v) is 2.81. The monoisotopic (exact) mass is 224 g/mol. The number of aromatic nitrogens is 2. The summed E-state index contributed by atoms with van der Waals surface area (Å²) in [6.07, 6.45) is 4.77. The second-order valence-corrected chi connectivity index (χ2v) is 4.90. The van der Waals surface area contributed by atoms with Crippen LogP contribution >= 0.6 is 11.8 Å². The Morgan fingerprint density at radius 3 is 3.07 bits per heavy atom. The Hall–Kier alpha value is -1.10. The zero-order valence-corrected chi connectivity index (χ0v) is 9.05. The number of nitrogens with one attached hydrogen (secondary N) is 1. The molecule has 0 spiro atoms. The van der Waals surface area contributed by atoms with Gasteiger partial charge in [0.15, 0.2) is 5.16 Å². The van der Waals surface area contributed by atoms with Crippen LogP contribution in [0.15, 0.2) is 22.2 Å². The molecule has 15 heavy (non-hydrogen) atoms. The minimum Gasteiger partial charge on any atom is -0.301 e. The molecular formula is C10H12N2O2S. The Morgan fingerprint density at radius 2 is 2.33 bits per heavy atom. The van der Waals surface area contributed by atoms with Crippen LogP contribution in [0.4, 0.5) is 0 Å². The Bertz CT molecular complexity index is 416. The minimum absolute atomic E-state index is 0.144. The largest absolute Gasteiger partial charge is 0.301 e. The number of ketones is 1. The van der Waals surface area contributed by atoms with Crippen molar-refractivity contribution in [1.82, 2.24) is 9.97 Å². The van der Waals surface area contributed by atoms with E-state index in [9.17, 15) is 9.59 Å². The van der Waals surface area contributed by atoms with Gasteiger partial charge in [0.05, 0.1) is 0 Å². The molecule has 0 aliphatic heterocycles. The molecule has 1 unspecified atom stereocenters. The number of nitrogens with zero attached hydrogens (tertiary/aromatic N) is 1. The molecule has 0 amide bonds. The summed E-state index contributed by atoms with van der Waals surface area (Å²) in [6.45, 7) is 0. The van der Waals surface area contributed by atoms with Crippen molar-refractivity contribution in [3.05, 3.63) is 22.6 Å².